The first kappa shape index (κ1) is 13.0. The lowest BCUT2D eigenvalue weighted by Crippen LogP contribution is -2.14. The van der Waals surface area contributed by atoms with Crippen LogP contribution in [0.5, 0.6) is 5.88 Å². The third-order valence-corrected chi connectivity index (χ3v) is 2.60. The van der Waals surface area contributed by atoms with E-state index in [1.165, 1.54) is 0 Å². The van der Waals surface area contributed by atoms with E-state index in [2.05, 4.69) is 11.9 Å². The first-order chi connectivity index (χ1) is 7.58. The molecule has 0 amide bonds. The number of aliphatic hydroxyl groups is 1. The zero-order valence-electron chi connectivity index (χ0n) is 10.6. The van der Waals surface area contributed by atoms with Gasteiger partial charge in [-0.05, 0) is 38.8 Å². The van der Waals surface area contributed by atoms with Crippen molar-refractivity contribution in [2.75, 3.05) is 0 Å². The Balaban J connectivity index is 2.93. The minimum Gasteiger partial charge on any atom is -0.474 e. The lowest BCUT2D eigenvalue weighted by molar-refractivity contribution is 0.190. The molecule has 0 aliphatic carbocycles. The van der Waals surface area contributed by atoms with Gasteiger partial charge < -0.3 is 9.84 Å². The van der Waals surface area contributed by atoms with Crippen LogP contribution in [0.3, 0.4) is 0 Å². The van der Waals surface area contributed by atoms with Gasteiger partial charge in [-0.15, -0.1) is 0 Å². The molecule has 1 unspecified atom stereocenters. The van der Waals surface area contributed by atoms with Crippen molar-refractivity contribution >= 4 is 0 Å². The number of rotatable bonds is 5. The van der Waals surface area contributed by atoms with Crippen LogP contribution in [0.25, 0.3) is 0 Å². The average molecular weight is 223 g/mol. The lowest BCUT2D eigenvalue weighted by Gasteiger charge is -2.17. The average Bonchev–Trinajstić information content (AvgIpc) is 2.17. The van der Waals surface area contributed by atoms with Gasteiger partial charge in [-0.3, -0.25) is 0 Å². The van der Waals surface area contributed by atoms with Crippen molar-refractivity contribution in [1.29, 1.82) is 0 Å². The lowest BCUT2D eigenvalue weighted by atomic mass is 10.1. The third-order valence-electron chi connectivity index (χ3n) is 2.60. The molecule has 0 saturated heterocycles. The van der Waals surface area contributed by atoms with Crippen LogP contribution in [0.15, 0.2) is 6.07 Å². The highest BCUT2D eigenvalue weighted by Crippen LogP contribution is 2.22. The van der Waals surface area contributed by atoms with Gasteiger partial charge in [-0.1, -0.05) is 13.3 Å². The van der Waals surface area contributed by atoms with E-state index in [1.807, 2.05) is 26.8 Å². The number of nitrogens with zero attached hydrogens (tertiary/aromatic N) is 1. The van der Waals surface area contributed by atoms with Crippen LogP contribution in [-0.2, 0) is 6.61 Å². The van der Waals surface area contributed by atoms with E-state index in [-0.39, 0.29) is 12.7 Å². The van der Waals surface area contributed by atoms with E-state index in [4.69, 9.17) is 4.74 Å². The van der Waals surface area contributed by atoms with Crippen LogP contribution >= 0.6 is 0 Å². The zero-order chi connectivity index (χ0) is 12.1. The van der Waals surface area contributed by atoms with Crippen LogP contribution in [0, 0.1) is 13.8 Å². The normalized spacial score (nSPS) is 12.6. The predicted molar refractivity (Wildman–Crippen MR) is 64.6 cm³/mol. The van der Waals surface area contributed by atoms with E-state index in [1.54, 1.807) is 0 Å². The zero-order valence-corrected chi connectivity index (χ0v) is 10.6. The SMILES string of the molecule is CCCC(C)Oc1nc(C)cc(C)c1CO. The van der Waals surface area contributed by atoms with Gasteiger partial charge in [0.15, 0.2) is 0 Å². The van der Waals surface area contributed by atoms with Gasteiger partial charge in [-0.25, -0.2) is 4.98 Å². The van der Waals surface area contributed by atoms with Crippen molar-refractivity contribution in [1.82, 2.24) is 4.98 Å². The Morgan fingerprint density at radius 2 is 2.12 bits per heavy atom. The summed E-state index contributed by atoms with van der Waals surface area (Å²) in [5.74, 6) is 0.584. The fourth-order valence-electron chi connectivity index (χ4n) is 1.77. The number of hydrogen-bond acceptors (Lipinski definition) is 3. The number of hydrogen-bond donors (Lipinski definition) is 1. The minimum atomic E-state index is -0.0205. The molecule has 16 heavy (non-hydrogen) atoms. The summed E-state index contributed by atoms with van der Waals surface area (Å²) in [7, 11) is 0. The molecule has 0 bridgehead atoms. The molecule has 0 radical (unpaired) electrons. The van der Waals surface area contributed by atoms with E-state index in [0.717, 1.165) is 29.7 Å². The van der Waals surface area contributed by atoms with Crippen LogP contribution < -0.4 is 4.74 Å². The van der Waals surface area contributed by atoms with Crippen molar-refractivity contribution in [3.05, 3.63) is 22.9 Å². The molecule has 0 aliphatic heterocycles. The van der Waals surface area contributed by atoms with Gasteiger partial charge in [0.1, 0.15) is 0 Å². The Hall–Kier alpha value is -1.09. The molecule has 90 valence electrons. The number of ether oxygens (including phenoxy) is 1. The highest BCUT2D eigenvalue weighted by Gasteiger charge is 2.12. The summed E-state index contributed by atoms with van der Waals surface area (Å²) >= 11 is 0. The molecule has 3 nitrogen and oxygen atoms in total. The molecule has 1 heterocycles. The first-order valence-corrected chi connectivity index (χ1v) is 5.83. The molecule has 1 aromatic heterocycles. The molecule has 1 aromatic rings. The standard InChI is InChI=1S/C13H21NO2/c1-5-6-11(4)16-13-12(8-15)9(2)7-10(3)14-13/h7,11,15H,5-6,8H2,1-4H3. The highest BCUT2D eigenvalue weighted by atomic mass is 16.5. The maximum absolute atomic E-state index is 9.31. The summed E-state index contributed by atoms with van der Waals surface area (Å²) in [4.78, 5) is 4.34. The number of aliphatic hydroxyl groups excluding tert-OH is 1. The van der Waals surface area contributed by atoms with E-state index in [0.29, 0.717) is 5.88 Å². The largest absolute Gasteiger partial charge is 0.474 e. The Bertz CT molecular complexity index is 350. The second-order valence-electron chi connectivity index (χ2n) is 4.24. The van der Waals surface area contributed by atoms with Crippen molar-refractivity contribution in [3.63, 3.8) is 0 Å². The number of aryl methyl sites for hydroxylation is 2. The van der Waals surface area contributed by atoms with Gasteiger partial charge in [0, 0.05) is 11.3 Å². The van der Waals surface area contributed by atoms with Gasteiger partial charge >= 0.3 is 0 Å². The second-order valence-corrected chi connectivity index (χ2v) is 4.24. The summed E-state index contributed by atoms with van der Waals surface area (Å²) in [6.07, 6.45) is 2.23. The van der Waals surface area contributed by atoms with Crippen molar-refractivity contribution in [3.8, 4) is 5.88 Å². The van der Waals surface area contributed by atoms with Gasteiger partial charge in [-0.2, -0.15) is 0 Å². The fraction of sp³-hybridized carbons (Fsp3) is 0.615. The maximum Gasteiger partial charge on any atom is 0.219 e. The van der Waals surface area contributed by atoms with E-state index < -0.39 is 0 Å². The topological polar surface area (TPSA) is 42.4 Å². The summed E-state index contributed by atoms with van der Waals surface area (Å²) in [5.41, 5.74) is 2.76. The van der Waals surface area contributed by atoms with E-state index in [9.17, 15) is 5.11 Å². The molecular weight excluding hydrogens is 202 g/mol. The molecular formula is C13H21NO2. The molecule has 0 aromatic carbocycles. The summed E-state index contributed by atoms with van der Waals surface area (Å²) in [5, 5.41) is 9.31. The molecule has 1 rings (SSSR count). The Labute approximate surface area is 97.5 Å². The summed E-state index contributed by atoms with van der Waals surface area (Å²) < 4.78 is 5.77. The van der Waals surface area contributed by atoms with Crippen LogP contribution in [0.2, 0.25) is 0 Å². The van der Waals surface area contributed by atoms with Crippen molar-refractivity contribution in [2.45, 2.75) is 53.2 Å². The minimum absolute atomic E-state index is 0.0205. The predicted octanol–water partition coefficient (Wildman–Crippen LogP) is 2.76. The van der Waals surface area contributed by atoms with Gasteiger partial charge in [0.2, 0.25) is 5.88 Å². The Kier molecular flexibility index (Phi) is 4.74. The molecule has 0 saturated carbocycles. The smallest absolute Gasteiger partial charge is 0.219 e. The summed E-state index contributed by atoms with van der Waals surface area (Å²) in [6, 6.07) is 1.96. The third kappa shape index (κ3) is 3.20. The quantitative estimate of drug-likeness (QED) is 0.834. The first-order valence-electron chi connectivity index (χ1n) is 5.83. The van der Waals surface area contributed by atoms with Crippen LogP contribution in [0.4, 0.5) is 0 Å². The van der Waals surface area contributed by atoms with Crippen LogP contribution in [0.1, 0.15) is 43.5 Å². The van der Waals surface area contributed by atoms with Gasteiger partial charge in [0.05, 0.1) is 12.7 Å². The van der Waals surface area contributed by atoms with Crippen molar-refractivity contribution < 1.29 is 9.84 Å². The molecule has 1 atom stereocenters. The molecule has 1 N–H and O–H groups in total. The highest BCUT2D eigenvalue weighted by molar-refractivity contribution is 5.35. The maximum atomic E-state index is 9.31. The van der Waals surface area contributed by atoms with Crippen LogP contribution in [-0.4, -0.2) is 16.2 Å². The Morgan fingerprint density at radius 3 is 2.69 bits per heavy atom. The van der Waals surface area contributed by atoms with Gasteiger partial charge in [0.25, 0.3) is 0 Å². The van der Waals surface area contributed by atoms with Crippen molar-refractivity contribution in [2.24, 2.45) is 0 Å². The Morgan fingerprint density at radius 1 is 1.44 bits per heavy atom. The molecule has 0 fully saturated rings. The monoisotopic (exact) mass is 223 g/mol. The summed E-state index contributed by atoms with van der Waals surface area (Å²) in [6.45, 7) is 8.04. The number of aromatic nitrogens is 1. The second kappa shape index (κ2) is 5.85. The molecule has 0 spiro atoms. The van der Waals surface area contributed by atoms with E-state index >= 15 is 0 Å². The fourth-order valence-corrected chi connectivity index (χ4v) is 1.77. The molecule has 0 aliphatic rings. The molecule has 3 heteroatoms. The number of pyridine rings is 1.